The summed E-state index contributed by atoms with van der Waals surface area (Å²) >= 11 is 0. The Morgan fingerprint density at radius 1 is 0.358 bits per heavy atom. The number of hydrogen-bond acceptors (Lipinski definition) is 0. The highest BCUT2D eigenvalue weighted by Crippen LogP contribution is 2.50. The molecular weight excluding hydrogens is 637 g/mol. The van der Waals surface area contributed by atoms with Gasteiger partial charge in [0.05, 0.1) is 0 Å². The van der Waals surface area contributed by atoms with E-state index in [-0.39, 0.29) is 10.8 Å². The van der Waals surface area contributed by atoms with Crippen molar-refractivity contribution >= 4 is 32.3 Å². The molecule has 9 aromatic carbocycles. The van der Waals surface area contributed by atoms with Crippen LogP contribution in [0.5, 0.6) is 0 Å². The number of benzene rings is 9. The van der Waals surface area contributed by atoms with Gasteiger partial charge in [-0.25, -0.2) is 0 Å². The summed E-state index contributed by atoms with van der Waals surface area (Å²) in [6, 6.07) is 61.7. The van der Waals surface area contributed by atoms with Gasteiger partial charge in [-0.3, -0.25) is 0 Å². The first-order valence-corrected chi connectivity index (χ1v) is 18.9. The minimum Gasteiger partial charge on any atom is -0.0619 e. The van der Waals surface area contributed by atoms with E-state index in [2.05, 4.69) is 198 Å². The lowest BCUT2D eigenvalue weighted by Gasteiger charge is -2.22. The molecule has 0 spiro atoms. The Morgan fingerprint density at radius 2 is 0.887 bits per heavy atom. The smallest absolute Gasteiger partial charge is 0.0159 e. The molecule has 0 N–H and O–H groups in total. The topological polar surface area (TPSA) is 0 Å². The molecule has 0 aromatic heterocycles. The molecule has 0 saturated carbocycles. The molecule has 0 nitrogen and oxygen atoms in total. The first kappa shape index (κ1) is 31.7. The third-order valence-corrected chi connectivity index (χ3v) is 12.0. The Balaban J connectivity index is 1.05. The molecule has 0 amide bonds. The van der Waals surface area contributed by atoms with Crippen molar-refractivity contribution in [1.29, 1.82) is 0 Å². The minimum atomic E-state index is -0.0221. The van der Waals surface area contributed by atoms with Crippen LogP contribution >= 0.6 is 0 Å². The van der Waals surface area contributed by atoms with E-state index in [1.807, 2.05) is 0 Å². The zero-order chi connectivity index (χ0) is 36.1. The maximum Gasteiger partial charge on any atom is 0.0159 e. The number of hydrogen-bond donors (Lipinski definition) is 0. The molecule has 0 bridgehead atoms. The van der Waals surface area contributed by atoms with Crippen molar-refractivity contribution < 1.29 is 0 Å². The van der Waals surface area contributed by atoms with Gasteiger partial charge in [0.2, 0.25) is 0 Å². The van der Waals surface area contributed by atoms with Crippen LogP contribution in [0.25, 0.3) is 88.0 Å². The largest absolute Gasteiger partial charge is 0.0619 e. The van der Waals surface area contributed by atoms with E-state index >= 15 is 0 Å². The molecular formula is C53H42. The van der Waals surface area contributed by atoms with Crippen LogP contribution in [0.4, 0.5) is 0 Å². The zero-order valence-corrected chi connectivity index (χ0v) is 31.1. The van der Waals surface area contributed by atoms with E-state index in [4.69, 9.17) is 0 Å². The lowest BCUT2D eigenvalue weighted by Crippen LogP contribution is -2.14. The Kier molecular flexibility index (Phi) is 6.89. The fourth-order valence-corrected chi connectivity index (χ4v) is 9.09. The van der Waals surface area contributed by atoms with Crippen molar-refractivity contribution in [2.24, 2.45) is 0 Å². The van der Waals surface area contributed by atoms with Gasteiger partial charge in [-0.2, -0.15) is 0 Å². The minimum absolute atomic E-state index is 0.0221. The molecule has 0 atom stereocenters. The standard InChI is InChI=1S/C53H42/c1-52(2,3)41-30-39-21-20-33-22-25-44(47-27-24-40(31-41)50(39)51(33)47)43-17-7-6-16-42(43)38-15-11-14-36(29-38)34-12-10-13-35(28-34)37-23-26-46-45-18-8-9-19-48(45)53(4,5)49(46)32-37/h6-32H,1-5H3. The predicted octanol–water partition coefficient (Wildman–Crippen LogP) is 14.9. The molecule has 0 heterocycles. The van der Waals surface area contributed by atoms with Gasteiger partial charge in [0, 0.05) is 5.41 Å². The second-order valence-corrected chi connectivity index (χ2v) is 16.6. The van der Waals surface area contributed by atoms with Gasteiger partial charge >= 0.3 is 0 Å². The van der Waals surface area contributed by atoms with Gasteiger partial charge in [-0.05, 0) is 128 Å². The molecule has 0 aliphatic heterocycles. The van der Waals surface area contributed by atoms with Gasteiger partial charge < -0.3 is 0 Å². The molecule has 9 aromatic rings. The van der Waals surface area contributed by atoms with Crippen molar-refractivity contribution in [2.75, 3.05) is 0 Å². The zero-order valence-electron chi connectivity index (χ0n) is 31.1. The van der Waals surface area contributed by atoms with Crippen LogP contribution in [0, 0.1) is 0 Å². The van der Waals surface area contributed by atoms with E-state index in [0.717, 1.165) is 0 Å². The van der Waals surface area contributed by atoms with E-state index in [1.54, 1.807) is 0 Å². The van der Waals surface area contributed by atoms with Gasteiger partial charge in [0.25, 0.3) is 0 Å². The summed E-state index contributed by atoms with van der Waals surface area (Å²) < 4.78 is 0. The van der Waals surface area contributed by atoms with Gasteiger partial charge in [-0.15, -0.1) is 0 Å². The van der Waals surface area contributed by atoms with Crippen LogP contribution in [0.2, 0.25) is 0 Å². The molecule has 1 aliphatic carbocycles. The molecule has 0 unspecified atom stereocenters. The summed E-state index contributed by atoms with van der Waals surface area (Å²) in [5, 5.41) is 7.96. The van der Waals surface area contributed by atoms with Crippen LogP contribution < -0.4 is 0 Å². The van der Waals surface area contributed by atoms with E-state index in [0.29, 0.717) is 0 Å². The van der Waals surface area contributed by atoms with Crippen molar-refractivity contribution in [3.05, 3.63) is 180 Å². The molecule has 0 fully saturated rings. The first-order chi connectivity index (χ1) is 25.6. The second kappa shape index (κ2) is 11.5. The summed E-state index contributed by atoms with van der Waals surface area (Å²) in [5.74, 6) is 0. The summed E-state index contributed by atoms with van der Waals surface area (Å²) in [5.41, 5.74) is 16.9. The van der Waals surface area contributed by atoms with E-state index < -0.39 is 0 Å². The molecule has 0 heteroatoms. The SMILES string of the molecule is CC(C)(C)c1cc2ccc3ccc(-c4ccccc4-c4cccc(-c5cccc(-c6ccc7c(c6)C(C)(C)c6ccccc6-7)c5)c4)c4ccc(c1)c2c34. The Labute approximate surface area is 312 Å². The molecule has 53 heavy (non-hydrogen) atoms. The molecule has 0 saturated heterocycles. The molecule has 10 rings (SSSR count). The molecule has 254 valence electrons. The average molecular weight is 679 g/mol. The maximum absolute atomic E-state index is 2.42. The Bertz CT molecular complexity index is 2870. The van der Waals surface area contributed by atoms with Crippen molar-refractivity contribution in [3.63, 3.8) is 0 Å². The van der Waals surface area contributed by atoms with Crippen LogP contribution in [-0.2, 0) is 10.8 Å². The van der Waals surface area contributed by atoms with Crippen LogP contribution in [0.15, 0.2) is 164 Å². The fourth-order valence-electron chi connectivity index (χ4n) is 9.09. The van der Waals surface area contributed by atoms with Crippen molar-refractivity contribution in [1.82, 2.24) is 0 Å². The van der Waals surface area contributed by atoms with Crippen LogP contribution in [0.3, 0.4) is 0 Å². The quantitative estimate of drug-likeness (QED) is 0.163. The predicted molar refractivity (Wildman–Crippen MR) is 228 cm³/mol. The van der Waals surface area contributed by atoms with Crippen molar-refractivity contribution in [2.45, 2.75) is 45.4 Å². The van der Waals surface area contributed by atoms with Gasteiger partial charge in [-0.1, -0.05) is 180 Å². The van der Waals surface area contributed by atoms with Crippen molar-refractivity contribution in [3.8, 4) is 55.6 Å². The second-order valence-electron chi connectivity index (χ2n) is 16.6. The Hall–Kier alpha value is -5.98. The van der Waals surface area contributed by atoms with Crippen LogP contribution in [0.1, 0.15) is 51.3 Å². The number of rotatable bonds is 4. The van der Waals surface area contributed by atoms with E-state index in [1.165, 1.54) is 105 Å². The third-order valence-electron chi connectivity index (χ3n) is 12.0. The highest BCUT2D eigenvalue weighted by molar-refractivity contribution is 6.26. The molecule has 0 radical (unpaired) electrons. The van der Waals surface area contributed by atoms with E-state index in [9.17, 15) is 0 Å². The lowest BCUT2D eigenvalue weighted by atomic mass is 9.81. The summed E-state index contributed by atoms with van der Waals surface area (Å²) in [4.78, 5) is 0. The summed E-state index contributed by atoms with van der Waals surface area (Å²) in [7, 11) is 0. The number of fused-ring (bicyclic) bond motifs is 3. The fraction of sp³-hybridized carbons (Fsp3) is 0.132. The summed E-state index contributed by atoms with van der Waals surface area (Å²) in [6.07, 6.45) is 0. The highest BCUT2D eigenvalue weighted by Gasteiger charge is 2.35. The Morgan fingerprint density at radius 3 is 1.60 bits per heavy atom. The third kappa shape index (κ3) is 4.96. The monoisotopic (exact) mass is 678 g/mol. The maximum atomic E-state index is 2.42. The lowest BCUT2D eigenvalue weighted by molar-refractivity contribution is 0.591. The van der Waals surface area contributed by atoms with Crippen LogP contribution in [-0.4, -0.2) is 0 Å². The molecule has 1 aliphatic rings. The highest BCUT2D eigenvalue weighted by atomic mass is 14.4. The van der Waals surface area contributed by atoms with Gasteiger partial charge in [0.15, 0.2) is 0 Å². The average Bonchev–Trinajstić information content (AvgIpc) is 3.42. The normalized spacial score (nSPS) is 13.5. The first-order valence-electron chi connectivity index (χ1n) is 18.9. The summed E-state index contributed by atoms with van der Waals surface area (Å²) in [6.45, 7) is 11.6. The van der Waals surface area contributed by atoms with Gasteiger partial charge in [0.1, 0.15) is 0 Å².